The second-order valence-corrected chi connectivity index (χ2v) is 7.31. The molecule has 1 atom stereocenters. The SMILES string of the molecule is C[C@H](O)c1nccn1Cc1cc(C#Cc2ccc(OCC(CO)(CO)CO)cc2)on1. The molecule has 1 aromatic carbocycles. The molecule has 3 rings (SSSR count). The van der Waals surface area contributed by atoms with Crippen LogP contribution in [0.1, 0.15) is 35.9 Å². The van der Waals surface area contributed by atoms with Gasteiger partial charge < -0.3 is 34.3 Å². The summed E-state index contributed by atoms with van der Waals surface area (Å²) in [5.74, 6) is 7.37. The highest BCUT2D eigenvalue weighted by Crippen LogP contribution is 2.19. The van der Waals surface area contributed by atoms with Gasteiger partial charge in [-0.15, -0.1) is 0 Å². The lowest BCUT2D eigenvalue weighted by Crippen LogP contribution is -2.39. The Morgan fingerprint density at radius 1 is 1.13 bits per heavy atom. The molecule has 0 unspecified atom stereocenters. The van der Waals surface area contributed by atoms with Crippen LogP contribution in [0.25, 0.3) is 0 Å². The number of hydrogen-bond donors (Lipinski definition) is 4. The van der Waals surface area contributed by atoms with E-state index in [4.69, 9.17) is 9.26 Å². The molecule has 9 nitrogen and oxygen atoms in total. The molecule has 0 fully saturated rings. The molecule has 0 aliphatic rings. The predicted octanol–water partition coefficient (Wildman–Crippen LogP) is 0.715. The van der Waals surface area contributed by atoms with E-state index in [-0.39, 0.29) is 26.4 Å². The van der Waals surface area contributed by atoms with Gasteiger partial charge in [0, 0.05) is 24.0 Å². The Labute approximate surface area is 179 Å². The maximum Gasteiger partial charge on any atom is 0.210 e. The lowest BCUT2D eigenvalue weighted by Gasteiger charge is -2.27. The van der Waals surface area contributed by atoms with Crippen molar-refractivity contribution < 1.29 is 29.7 Å². The van der Waals surface area contributed by atoms with Gasteiger partial charge in [0.2, 0.25) is 5.76 Å². The van der Waals surface area contributed by atoms with E-state index in [2.05, 4.69) is 22.0 Å². The number of aliphatic hydroxyl groups is 4. The minimum Gasteiger partial charge on any atom is -0.493 e. The Kier molecular flexibility index (Phi) is 7.44. The minimum atomic E-state index is -1.09. The zero-order chi connectivity index (χ0) is 22.3. The smallest absolute Gasteiger partial charge is 0.210 e. The Hall–Kier alpha value is -3.16. The van der Waals surface area contributed by atoms with Gasteiger partial charge in [-0.05, 0) is 37.1 Å². The van der Waals surface area contributed by atoms with E-state index in [1.54, 1.807) is 54.2 Å². The molecule has 0 saturated carbocycles. The van der Waals surface area contributed by atoms with E-state index in [1.807, 2.05) is 0 Å². The van der Waals surface area contributed by atoms with E-state index in [9.17, 15) is 20.4 Å². The van der Waals surface area contributed by atoms with Crippen LogP contribution in [-0.4, -0.2) is 61.6 Å². The van der Waals surface area contributed by atoms with Crippen LogP contribution in [0.5, 0.6) is 5.75 Å². The molecule has 2 aromatic heterocycles. The van der Waals surface area contributed by atoms with Gasteiger partial charge in [-0.25, -0.2) is 4.98 Å². The third-order valence-electron chi connectivity index (χ3n) is 4.75. The van der Waals surface area contributed by atoms with Gasteiger partial charge in [0.05, 0.1) is 31.8 Å². The van der Waals surface area contributed by atoms with Crippen LogP contribution in [0, 0.1) is 17.3 Å². The molecule has 4 N–H and O–H groups in total. The molecule has 0 saturated heterocycles. The van der Waals surface area contributed by atoms with Crippen molar-refractivity contribution in [2.24, 2.45) is 5.41 Å². The summed E-state index contributed by atoms with van der Waals surface area (Å²) in [6.45, 7) is 0.888. The number of nitrogens with zero attached hydrogens (tertiary/aromatic N) is 3. The van der Waals surface area contributed by atoms with Gasteiger partial charge in [0.15, 0.2) is 0 Å². The van der Waals surface area contributed by atoms with Crippen molar-refractivity contribution in [3.8, 4) is 17.6 Å². The molecule has 0 aliphatic carbocycles. The summed E-state index contributed by atoms with van der Waals surface area (Å²) in [6, 6.07) is 8.68. The monoisotopic (exact) mass is 427 g/mol. The van der Waals surface area contributed by atoms with Gasteiger partial charge in [-0.1, -0.05) is 11.1 Å². The first kappa shape index (κ1) is 22.5. The van der Waals surface area contributed by atoms with Gasteiger partial charge in [0.1, 0.15) is 30.0 Å². The van der Waals surface area contributed by atoms with Crippen molar-refractivity contribution in [2.75, 3.05) is 26.4 Å². The number of benzene rings is 1. The number of imidazole rings is 1. The minimum absolute atomic E-state index is 0.0178. The summed E-state index contributed by atoms with van der Waals surface area (Å²) in [6.07, 6.45) is 2.70. The first-order valence-corrected chi connectivity index (χ1v) is 9.71. The van der Waals surface area contributed by atoms with Crippen molar-refractivity contribution >= 4 is 0 Å². The van der Waals surface area contributed by atoms with Gasteiger partial charge in [-0.3, -0.25) is 0 Å². The topological polar surface area (TPSA) is 134 Å². The molecule has 3 aromatic rings. The lowest BCUT2D eigenvalue weighted by atomic mass is 9.93. The summed E-state index contributed by atoms with van der Waals surface area (Å²) >= 11 is 0. The quantitative estimate of drug-likeness (QED) is 0.367. The van der Waals surface area contributed by atoms with Crippen LogP contribution < -0.4 is 4.74 Å². The molecule has 164 valence electrons. The fraction of sp³-hybridized carbons (Fsp3) is 0.364. The number of hydrogen-bond acceptors (Lipinski definition) is 8. The molecule has 0 bridgehead atoms. The molecular formula is C22H25N3O6. The Morgan fingerprint density at radius 2 is 1.84 bits per heavy atom. The van der Waals surface area contributed by atoms with Crippen LogP contribution in [0.3, 0.4) is 0 Å². The first-order chi connectivity index (χ1) is 15.0. The molecule has 0 amide bonds. The zero-order valence-corrected chi connectivity index (χ0v) is 17.1. The highest BCUT2D eigenvalue weighted by atomic mass is 16.5. The summed E-state index contributed by atoms with van der Waals surface area (Å²) in [4.78, 5) is 4.12. The molecule has 0 aliphatic heterocycles. The van der Waals surface area contributed by atoms with Crippen LogP contribution in [0.2, 0.25) is 0 Å². The standard InChI is InChI=1S/C22H25N3O6/c1-16(29)21-23-8-9-25(21)11-18-10-20(31-24-18)7-4-17-2-5-19(6-3-17)30-15-22(12-26,13-27)14-28/h2-3,5-6,8-10,16,26-29H,11-15H2,1H3/t16-/m0/s1. The van der Waals surface area contributed by atoms with Crippen molar-refractivity contribution in [1.29, 1.82) is 0 Å². The average molecular weight is 427 g/mol. The maximum absolute atomic E-state index is 9.73. The van der Waals surface area contributed by atoms with Crippen molar-refractivity contribution in [3.05, 3.63) is 65.6 Å². The highest BCUT2D eigenvalue weighted by Gasteiger charge is 2.29. The van der Waals surface area contributed by atoms with E-state index in [1.165, 1.54) is 0 Å². The van der Waals surface area contributed by atoms with Crippen molar-refractivity contribution in [1.82, 2.24) is 14.7 Å². The number of aromatic nitrogens is 3. The van der Waals surface area contributed by atoms with Gasteiger partial charge in [-0.2, -0.15) is 0 Å². The number of rotatable bonds is 9. The summed E-state index contributed by atoms with van der Waals surface area (Å²) < 4.78 is 12.6. The molecule has 0 radical (unpaired) electrons. The van der Waals surface area contributed by atoms with E-state index < -0.39 is 11.5 Å². The fourth-order valence-corrected chi connectivity index (χ4v) is 2.73. The van der Waals surface area contributed by atoms with Crippen LogP contribution >= 0.6 is 0 Å². The maximum atomic E-state index is 9.73. The van der Waals surface area contributed by atoms with E-state index in [0.717, 1.165) is 5.56 Å². The van der Waals surface area contributed by atoms with Crippen LogP contribution in [0.4, 0.5) is 0 Å². The lowest BCUT2D eigenvalue weighted by molar-refractivity contribution is -0.0258. The molecule has 31 heavy (non-hydrogen) atoms. The molecule has 9 heteroatoms. The fourth-order valence-electron chi connectivity index (χ4n) is 2.73. The van der Waals surface area contributed by atoms with Crippen LogP contribution in [-0.2, 0) is 6.54 Å². The normalized spacial score (nSPS) is 12.3. The Balaban J connectivity index is 1.60. The second-order valence-electron chi connectivity index (χ2n) is 7.31. The van der Waals surface area contributed by atoms with Gasteiger partial charge >= 0.3 is 0 Å². The second kappa shape index (κ2) is 10.2. The predicted molar refractivity (Wildman–Crippen MR) is 110 cm³/mol. The van der Waals surface area contributed by atoms with Crippen LogP contribution in [0.15, 0.2) is 47.2 Å². The third kappa shape index (κ3) is 5.71. The molecule has 0 spiro atoms. The van der Waals surface area contributed by atoms with E-state index >= 15 is 0 Å². The number of ether oxygens (including phenoxy) is 1. The zero-order valence-electron chi connectivity index (χ0n) is 17.1. The average Bonchev–Trinajstić information content (AvgIpc) is 3.44. The molecule has 2 heterocycles. The van der Waals surface area contributed by atoms with Crippen molar-refractivity contribution in [3.63, 3.8) is 0 Å². The summed E-state index contributed by atoms with van der Waals surface area (Å²) in [5.41, 5.74) is 0.303. The van der Waals surface area contributed by atoms with E-state index in [0.29, 0.717) is 29.6 Å². The Morgan fingerprint density at radius 3 is 2.48 bits per heavy atom. The summed E-state index contributed by atoms with van der Waals surface area (Å²) in [5, 5.41) is 41.7. The first-order valence-electron chi connectivity index (χ1n) is 9.71. The number of aliphatic hydroxyl groups excluding tert-OH is 4. The molecular weight excluding hydrogens is 402 g/mol. The largest absolute Gasteiger partial charge is 0.493 e. The summed E-state index contributed by atoms with van der Waals surface area (Å²) in [7, 11) is 0. The highest BCUT2D eigenvalue weighted by molar-refractivity contribution is 5.41. The Bertz CT molecular complexity index is 1020. The third-order valence-corrected chi connectivity index (χ3v) is 4.75. The van der Waals surface area contributed by atoms with Crippen molar-refractivity contribution in [2.45, 2.75) is 19.6 Å². The van der Waals surface area contributed by atoms with Gasteiger partial charge in [0.25, 0.3) is 0 Å².